The molecule has 1 fully saturated rings. The Morgan fingerprint density at radius 3 is 2.24 bits per heavy atom. The highest BCUT2D eigenvalue weighted by atomic mass is 32.2. The predicted octanol–water partition coefficient (Wildman–Crippen LogP) is 1.57. The Balaban J connectivity index is 2.69. The highest BCUT2D eigenvalue weighted by Crippen LogP contribution is 2.27. The molecule has 1 saturated carbocycles. The summed E-state index contributed by atoms with van der Waals surface area (Å²) in [5.74, 6) is 0. The Kier molecular flexibility index (Phi) is 4.98. The summed E-state index contributed by atoms with van der Waals surface area (Å²) in [7, 11) is -1.45. The molecule has 1 aliphatic carbocycles. The quantitative estimate of drug-likeness (QED) is 0.818. The van der Waals surface area contributed by atoms with Crippen molar-refractivity contribution in [2.75, 3.05) is 20.1 Å². The Bertz CT molecular complexity index is 332. The lowest BCUT2D eigenvalue weighted by molar-refractivity contribution is 0.287. The van der Waals surface area contributed by atoms with Crippen molar-refractivity contribution in [1.29, 1.82) is 0 Å². The summed E-state index contributed by atoms with van der Waals surface area (Å²) in [5, 5.41) is -0.171. The third-order valence-corrected chi connectivity index (χ3v) is 5.92. The van der Waals surface area contributed by atoms with Crippen LogP contribution in [0.5, 0.6) is 0 Å². The molecule has 0 bridgehead atoms. The second-order valence-electron chi connectivity index (χ2n) is 5.93. The van der Waals surface area contributed by atoms with Crippen LogP contribution in [0, 0.1) is 5.41 Å². The minimum atomic E-state index is -3.13. The normalized spacial score (nSPS) is 19.8. The van der Waals surface area contributed by atoms with E-state index >= 15 is 0 Å². The number of sulfonamides is 1. The van der Waals surface area contributed by atoms with Crippen LogP contribution in [0.2, 0.25) is 0 Å². The van der Waals surface area contributed by atoms with Gasteiger partial charge in [-0.2, -0.15) is 0 Å². The summed E-state index contributed by atoms with van der Waals surface area (Å²) >= 11 is 0. The van der Waals surface area contributed by atoms with E-state index in [1.165, 1.54) is 10.7 Å². The van der Waals surface area contributed by atoms with Crippen LogP contribution in [0.3, 0.4) is 0 Å². The number of nitrogens with two attached hydrogens (primary N) is 1. The van der Waals surface area contributed by atoms with Crippen LogP contribution in [0.1, 0.15) is 46.0 Å². The van der Waals surface area contributed by atoms with Crippen LogP contribution in [0.15, 0.2) is 0 Å². The molecule has 0 unspecified atom stereocenters. The van der Waals surface area contributed by atoms with Gasteiger partial charge in [-0.05, 0) is 24.8 Å². The molecular formula is C12H26N2O2S. The van der Waals surface area contributed by atoms with Crippen molar-refractivity contribution < 1.29 is 8.42 Å². The van der Waals surface area contributed by atoms with Gasteiger partial charge >= 0.3 is 0 Å². The molecular weight excluding hydrogens is 236 g/mol. The average Bonchev–Trinajstić information content (AvgIpc) is 2.29. The van der Waals surface area contributed by atoms with Crippen molar-refractivity contribution in [1.82, 2.24) is 4.31 Å². The fraction of sp³-hybridized carbons (Fsp3) is 1.00. The van der Waals surface area contributed by atoms with Crippen molar-refractivity contribution in [3.8, 4) is 0 Å². The van der Waals surface area contributed by atoms with Crippen molar-refractivity contribution in [3.05, 3.63) is 0 Å². The first kappa shape index (κ1) is 14.9. The van der Waals surface area contributed by atoms with E-state index < -0.39 is 10.0 Å². The maximum atomic E-state index is 12.4. The lowest BCUT2D eigenvalue weighted by atomic mass is 9.94. The smallest absolute Gasteiger partial charge is 0.216 e. The molecule has 17 heavy (non-hydrogen) atoms. The van der Waals surface area contributed by atoms with Crippen LogP contribution in [-0.4, -0.2) is 38.1 Å². The lowest BCUT2D eigenvalue weighted by Crippen LogP contribution is -2.44. The summed E-state index contributed by atoms with van der Waals surface area (Å²) < 4.78 is 26.2. The van der Waals surface area contributed by atoms with Crippen molar-refractivity contribution >= 4 is 10.0 Å². The highest BCUT2D eigenvalue weighted by Gasteiger charge is 2.33. The molecule has 2 N–H and O–H groups in total. The highest BCUT2D eigenvalue weighted by molar-refractivity contribution is 7.89. The van der Waals surface area contributed by atoms with Gasteiger partial charge < -0.3 is 5.73 Å². The number of rotatable bonds is 5. The Morgan fingerprint density at radius 2 is 1.76 bits per heavy atom. The van der Waals surface area contributed by atoms with Crippen molar-refractivity contribution in [2.24, 2.45) is 11.1 Å². The number of nitrogens with zero attached hydrogens (tertiary/aromatic N) is 1. The second kappa shape index (κ2) is 5.67. The maximum absolute atomic E-state index is 12.4. The largest absolute Gasteiger partial charge is 0.330 e. The van der Waals surface area contributed by atoms with Crippen LogP contribution < -0.4 is 5.73 Å². The molecule has 0 heterocycles. The molecule has 0 aromatic rings. The van der Waals surface area contributed by atoms with Crippen LogP contribution in [-0.2, 0) is 10.0 Å². The van der Waals surface area contributed by atoms with Crippen LogP contribution >= 0.6 is 0 Å². The second-order valence-corrected chi connectivity index (χ2v) is 8.25. The third kappa shape index (κ3) is 3.93. The van der Waals surface area contributed by atoms with E-state index in [0.717, 1.165) is 25.7 Å². The van der Waals surface area contributed by atoms with E-state index in [1.807, 2.05) is 13.8 Å². The van der Waals surface area contributed by atoms with Gasteiger partial charge in [0.05, 0.1) is 5.25 Å². The van der Waals surface area contributed by atoms with Gasteiger partial charge in [-0.25, -0.2) is 12.7 Å². The SMILES string of the molecule is CN(CC(C)(C)CN)S(=O)(=O)C1CCCCC1. The average molecular weight is 262 g/mol. The van der Waals surface area contributed by atoms with Crippen LogP contribution in [0.4, 0.5) is 0 Å². The fourth-order valence-electron chi connectivity index (χ4n) is 2.37. The van der Waals surface area contributed by atoms with E-state index in [4.69, 9.17) is 5.73 Å². The molecule has 5 heteroatoms. The van der Waals surface area contributed by atoms with E-state index in [9.17, 15) is 8.42 Å². The van der Waals surface area contributed by atoms with Crippen molar-refractivity contribution in [3.63, 3.8) is 0 Å². The molecule has 102 valence electrons. The van der Waals surface area contributed by atoms with Gasteiger partial charge in [0.15, 0.2) is 0 Å². The first-order chi connectivity index (χ1) is 7.79. The van der Waals surface area contributed by atoms with E-state index in [-0.39, 0.29) is 10.7 Å². The van der Waals surface area contributed by atoms with Gasteiger partial charge in [-0.15, -0.1) is 0 Å². The molecule has 0 aromatic carbocycles. The van der Waals surface area contributed by atoms with E-state index in [1.54, 1.807) is 7.05 Å². The van der Waals surface area contributed by atoms with Gasteiger partial charge in [-0.3, -0.25) is 0 Å². The first-order valence-electron chi connectivity index (χ1n) is 6.45. The van der Waals surface area contributed by atoms with Gasteiger partial charge in [-0.1, -0.05) is 33.1 Å². The Hall–Kier alpha value is -0.130. The molecule has 1 aliphatic rings. The maximum Gasteiger partial charge on any atom is 0.216 e. The fourth-order valence-corrected chi connectivity index (χ4v) is 4.34. The molecule has 0 aromatic heterocycles. The summed E-state index contributed by atoms with van der Waals surface area (Å²) in [6.45, 7) is 5.00. The summed E-state index contributed by atoms with van der Waals surface area (Å²) in [6.07, 6.45) is 4.88. The monoisotopic (exact) mass is 262 g/mol. The standard InChI is InChI=1S/C12H26N2O2S/c1-12(2,9-13)10-14(3)17(15,16)11-7-5-4-6-8-11/h11H,4-10,13H2,1-3H3. The molecule has 4 nitrogen and oxygen atoms in total. The lowest BCUT2D eigenvalue weighted by Gasteiger charge is -2.32. The Morgan fingerprint density at radius 1 is 1.24 bits per heavy atom. The van der Waals surface area contributed by atoms with Gasteiger partial charge in [0.1, 0.15) is 0 Å². The molecule has 0 atom stereocenters. The number of hydrogen-bond acceptors (Lipinski definition) is 3. The zero-order valence-electron chi connectivity index (χ0n) is 11.3. The Labute approximate surface area is 106 Å². The minimum absolute atomic E-state index is 0.156. The van der Waals surface area contributed by atoms with Crippen LogP contribution in [0.25, 0.3) is 0 Å². The first-order valence-corrected chi connectivity index (χ1v) is 7.95. The summed E-state index contributed by atoms with van der Waals surface area (Å²) in [6, 6.07) is 0. The minimum Gasteiger partial charge on any atom is -0.330 e. The zero-order chi connectivity index (χ0) is 13.1. The molecule has 0 saturated heterocycles. The summed E-state index contributed by atoms with van der Waals surface area (Å²) in [5.41, 5.74) is 5.50. The third-order valence-electron chi connectivity index (χ3n) is 3.61. The number of hydrogen-bond donors (Lipinski definition) is 1. The van der Waals surface area contributed by atoms with Gasteiger partial charge in [0.25, 0.3) is 0 Å². The molecule has 0 aliphatic heterocycles. The predicted molar refractivity (Wildman–Crippen MR) is 71.3 cm³/mol. The van der Waals surface area contributed by atoms with Gasteiger partial charge in [0, 0.05) is 13.6 Å². The molecule has 0 amide bonds. The summed E-state index contributed by atoms with van der Waals surface area (Å²) in [4.78, 5) is 0. The molecule has 1 rings (SSSR count). The van der Waals surface area contributed by atoms with E-state index in [0.29, 0.717) is 13.1 Å². The molecule has 0 spiro atoms. The zero-order valence-corrected chi connectivity index (χ0v) is 12.1. The van der Waals surface area contributed by atoms with Crippen molar-refractivity contribution in [2.45, 2.75) is 51.2 Å². The topological polar surface area (TPSA) is 63.4 Å². The molecule has 0 radical (unpaired) electrons. The van der Waals surface area contributed by atoms with Gasteiger partial charge in [0.2, 0.25) is 10.0 Å². The van der Waals surface area contributed by atoms with E-state index in [2.05, 4.69) is 0 Å².